The Morgan fingerprint density at radius 2 is 2.09 bits per heavy atom. The van der Waals surface area contributed by atoms with E-state index in [4.69, 9.17) is 5.73 Å². The number of nitrogens with one attached hydrogen (secondary N) is 1. The molecule has 0 bridgehead atoms. The minimum atomic E-state index is -4.46. The lowest BCUT2D eigenvalue weighted by molar-refractivity contribution is -0.138. The van der Waals surface area contributed by atoms with Crippen LogP contribution in [0, 0.1) is 6.92 Å². The number of carbonyl (C=O) groups is 1. The normalized spacial score (nSPS) is 13.0. The van der Waals surface area contributed by atoms with Crippen molar-refractivity contribution in [3.05, 3.63) is 45.4 Å². The van der Waals surface area contributed by atoms with Crippen LogP contribution < -0.4 is 11.1 Å². The van der Waals surface area contributed by atoms with Crippen molar-refractivity contribution in [2.24, 2.45) is 5.73 Å². The van der Waals surface area contributed by atoms with Crippen LogP contribution in [-0.2, 0) is 6.18 Å². The van der Waals surface area contributed by atoms with Gasteiger partial charge in [-0.2, -0.15) is 13.2 Å². The molecule has 118 valence electrons. The second kappa shape index (κ2) is 6.05. The summed E-state index contributed by atoms with van der Waals surface area (Å²) in [6, 6.07) is 3.36. The lowest BCUT2D eigenvalue weighted by atomic mass is 10.1. The summed E-state index contributed by atoms with van der Waals surface area (Å²) in [6.07, 6.45) is -3.10. The molecule has 1 aromatic heterocycles. The predicted molar refractivity (Wildman–Crippen MR) is 78.9 cm³/mol. The molecule has 1 atom stereocenters. The SMILES string of the molecule is Cc1ccc(NC(=O)c2cnc([C@H](C)N)s2)cc1C(F)(F)F. The van der Waals surface area contributed by atoms with Crippen LogP contribution in [0.3, 0.4) is 0 Å². The third kappa shape index (κ3) is 3.63. The summed E-state index contributed by atoms with van der Waals surface area (Å²) in [6.45, 7) is 3.10. The van der Waals surface area contributed by atoms with E-state index in [0.717, 1.165) is 17.4 Å². The molecular weight excluding hydrogens is 315 g/mol. The highest BCUT2D eigenvalue weighted by atomic mass is 32.1. The number of thiazole rings is 1. The first-order valence-electron chi connectivity index (χ1n) is 6.39. The topological polar surface area (TPSA) is 68.0 Å². The van der Waals surface area contributed by atoms with Crippen LogP contribution in [0.15, 0.2) is 24.4 Å². The Labute approximate surface area is 129 Å². The maximum atomic E-state index is 12.8. The second-order valence-corrected chi connectivity index (χ2v) is 5.90. The van der Waals surface area contributed by atoms with Gasteiger partial charge in [0.15, 0.2) is 0 Å². The van der Waals surface area contributed by atoms with Crippen LogP contribution in [0.4, 0.5) is 18.9 Å². The van der Waals surface area contributed by atoms with Crippen molar-refractivity contribution in [2.45, 2.75) is 26.1 Å². The molecule has 0 aliphatic rings. The lowest BCUT2D eigenvalue weighted by Crippen LogP contribution is -2.13. The van der Waals surface area contributed by atoms with Gasteiger partial charge in [-0.25, -0.2) is 4.98 Å². The first-order valence-corrected chi connectivity index (χ1v) is 7.20. The monoisotopic (exact) mass is 329 g/mol. The zero-order valence-electron chi connectivity index (χ0n) is 11.9. The smallest absolute Gasteiger partial charge is 0.322 e. The largest absolute Gasteiger partial charge is 0.416 e. The maximum Gasteiger partial charge on any atom is 0.416 e. The average molecular weight is 329 g/mol. The molecule has 22 heavy (non-hydrogen) atoms. The number of benzene rings is 1. The number of rotatable bonds is 3. The quantitative estimate of drug-likeness (QED) is 0.901. The van der Waals surface area contributed by atoms with Crippen molar-refractivity contribution in [1.82, 2.24) is 4.98 Å². The first kappa shape index (κ1) is 16.4. The van der Waals surface area contributed by atoms with Crippen LogP contribution in [0.25, 0.3) is 0 Å². The van der Waals surface area contributed by atoms with Gasteiger partial charge in [0.2, 0.25) is 0 Å². The number of aromatic nitrogens is 1. The summed E-state index contributed by atoms with van der Waals surface area (Å²) in [5, 5.41) is 3.03. The number of nitrogens with two attached hydrogens (primary N) is 1. The van der Waals surface area contributed by atoms with E-state index in [1.54, 1.807) is 6.92 Å². The molecule has 1 heterocycles. The molecule has 0 aliphatic heterocycles. The molecule has 2 rings (SSSR count). The Balaban J connectivity index is 2.21. The van der Waals surface area contributed by atoms with Gasteiger partial charge in [0.05, 0.1) is 17.8 Å². The molecule has 3 N–H and O–H groups in total. The number of alkyl halides is 3. The van der Waals surface area contributed by atoms with Gasteiger partial charge in [0.25, 0.3) is 5.91 Å². The summed E-state index contributed by atoms with van der Waals surface area (Å²) in [4.78, 5) is 16.3. The number of aryl methyl sites for hydroxylation is 1. The van der Waals surface area contributed by atoms with Gasteiger partial charge >= 0.3 is 6.18 Å². The zero-order chi connectivity index (χ0) is 16.5. The van der Waals surface area contributed by atoms with Gasteiger partial charge in [-0.1, -0.05) is 6.07 Å². The van der Waals surface area contributed by atoms with E-state index in [-0.39, 0.29) is 17.3 Å². The van der Waals surface area contributed by atoms with E-state index in [1.807, 2.05) is 0 Å². The summed E-state index contributed by atoms with van der Waals surface area (Å²) in [5.41, 5.74) is 5.06. The Morgan fingerprint density at radius 1 is 1.41 bits per heavy atom. The lowest BCUT2D eigenvalue weighted by Gasteiger charge is -2.12. The van der Waals surface area contributed by atoms with Crippen LogP contribution in [0.2, 0.25) is 0 Å². The summed E-state index contributed by atoms with van der Waals surface area (Å²) in [7, 11) is 0. The van der Waals surface area contributed by atoms with E-state index >= 15 is 0 Å². The first-order chi connectivity index (χ1) is 10.2. The molecule has 2 aromatic rings. The predicted octanol–water partition coefficient (Wildman–Crippen LogP) is 3.74. The Morgan fingerprint density at radius 3 is 2.64 bits per heavy atom. The van der Waals surface area contributed by atoms with Crippen molar-refractivity contribution < 1.29 is 18.0 Å². The van der Waals surface area contributed by atoms with Crippen molar-refractivity contribution in [3.8, 4) is 0 Å². The fourth-order valence-corrected chi connectivity index (χ4v) is 2.57. The number of halogens is 3. The maximum absolute atomic E-state index is 12.8. The van der Waals surface area contributed by atoms with Crippen molar-refractivity contribution in [2.75, 3.05) is 5.32 Å². The Hall–Kier alpha value is -1.93. The van der Waals surface area contributed by atoms with E-state index in [1.165, 1.54) is 25.3 Å². The summed E-state index contributed by atoms with van der Waals surface area (Å²) >= 11 is 1.11. The Bertz CT molecular complexity index is 695. The molecule has 1 aromatic carbocycles. The van der Waals surface area contributed by atoms with Crippen molar-refractivity contribution >= 4 is 22.9 Å². The fraction of sp³-hybridized carbons (Fsp3) is 0.286. The number of amides is 1. The minimum absolute atomic E-state index is 0.0821. The van der Waals surface area contributed by atoms with Crippen LogP contribution in [0.1, 0.15) is 38.8 Å². The van der Waals surface area contributed by atoms with Crippen LogP contribution in [0.5, 0.6) is 0 Å². The second-order valence-electron chi connectivity index (χ2n) is 4.83. The van der Waals surface area contributed by atoms with Gasteiger partial charge in [0, 0.05) is 5.69 Å². The minimum Gasteiger partial charge on any atom is -0.322 e. The third-order valence-corrected chi connectivity index (χ3v) is 4.13. The molecular formula is C14H14F3N3OS. The average Bonchev–Trinajstić information content (AvgIpc) is 2.89. The fourth-order valence-electron chi connectivity index (χ4n) is 1.80. The number of nitrogens with zero attached hydrogens (tertiary/aromatic N) is 1. The van der Waals surface area contributed by atoms with Gasteiger partial charge < -0.3 is 11.1 Å². The van der Waals surface area contributed by atoms with Crippen molar-refractivity contribution in [1.29, 1.82) is 0 Å². The molecule has 0 radical (unpaired) electrons. The van der Waals surface area contributed by atoms with E-state index in [0.29, 0.717) is 9.88 Å². The van der Waals surface area contributed by atoms with Gasteiger partial charge in [0.1, 0.15) is 9.88 Å². The van der Waals surface area contributed by atoms with Gasteiger partial charge in [-0.15, -0.1) is 11.3 Å². The molecule has 4 nitrogen and oxygen atoms in total. The molecule has 1 amide bonds. The van der Waals surface area contributed by atoms with E-state index < -0.39 is 17.6 Å². The summed E-state index contributed by atoms with van der Waals surface area (Å²) < 4.78 is 38.5. The Kier molecular flexibility index (Phi) is 4.52. The summed E-state index contributed by atoms with van der Waals surface area (Å²) in [5.74, 6) is -0.513. The highest BCUT2D eigenvalue weighted by Gasteiger charge is 2.32. The van der Waals surface area contributed by atoms with E-state index in [2.05, 4.69) is 10.3 Å². The molecule has 0 saturated carbocycles. The molecule has 0 spiro atoms. The van der Waals surface area contributed by atoms with E-state index in [9.17, 15) is 18.0 Å². The number of anilines is 1. The standard InChI is InChI=1S/C14H14F3N3OS/c1-7-3-4-9(5-10(7)14(15,16)17)20-12(21)11-6-19-13(22-11)8(2)18/h3-6,8H,18H2,1-2H3,(H,20,21)/t8-/m0/s1. The molecule has 0 aliphatic carbocycles. The van der Waals surface area contributed by atoms with Gasteiger partial charge in [-0.3, -0.25) is 4.79 Å². The third-order valence-electron chi connectivity index (χ3n) is 2.94. The van der Waals surface area contributed by atoms with Gasteiger partial charge in [-0.05, 0) is 31.5 Å². The number of hydrogen-bond donors (Lipinski definition) is 2. The zero-order valence-corrected chi connectivity index (χ0v) is 12.7. The number of hydrogen-bond acceptors (Lipinski definition) is 4. The van der Waals surface area contributed by atoms with Crippen LogP contribution >= 0.6 is 11.3 Å². The van der Waals surface area contributed by atoms with Crippen LogP contribution in [-0.4, -0.2) is 10.9 Å². The highest BCUT2D eigenvalue weighted by molar-refractivity contribution is 7.13. The number of carbonyl (C=O) groups excluding carboxylic acids is 1. The molecule has 0 saturated heterocycles. The van der Waals surface area contributed by atoms with Crippen molar-refractivity contribution in [3.63, 3.8) is 0 Å². The molecule has 8 heteroatoms. The molecule has 0 unspecified atom stereocenters. The highest BCUT2D eigenvalue weighted by Crippen LogP contribution is 2.33. The molecule has 0 fully saturated rings.